The summed E-state index contributed by atoms with van der Waals surface area (Å²) in [6.45, 7) is 4.92. The van der Waals surface area contributed by atoms with Gasteiger partial charge in [0.05, 0.1) is 25.4 Å². The molecule has 0 saturated heterocycles. The SMILES string of the molecule is CCCCCCCC/C=C\CCCCCCCCCCCC(=O)OCCCCCCCCCCC/C=C\CCCCCCCCCC(=O)NC(CO)C(O)/C=C/CCCCCCCCCCCCCCCCCCCCCC. The first-order valence-electron chi connectivity index (χ1n) is 35.3. The highest BCUT2D eigenvalue weighted by Gasteiger charge is 2.18. The second kappa shape index (κ2) is 67.6. The average Bonchev–Trinajstić information content (AvgIpc) is 3.44. The van der Waals surface area contributed by atoms with Crippen molar-refractivity contribution in [1.29, 1.82) is 0 Å². The van der Waals surface area contributed by atoms with E-state index in [-0.39, 0.29) is 18.5 Å². The summed E-state index contributed by atoms with van der Waals surface area (Å²) in [4.78, 5) is 24.6. The molecule has 0 aromatic heterocycles. The van der Waals surface area contributed by atoms with Crippen LogP contribution in [0.1, 0.15) is 386 Å². The molecule has 0 saturated carbocycles. The first-order valence-corrected chi connectivity index (χ1v) is 35.3. The second-order valence-corrected chi connectivity index (χ2v) is 24.2. The van der Waals surface area contributed by atoms with Gasteiger partial charge in [-0.3, -0.25) is 9.59 Å². The van der Waals surface area contributed by atoms with E-state index in [4.69, 9.17) is 4.74 Å². The lowest BCUT2D eigenvalue weighted by molar-refractivity contribution is -0.143. The number of ether oxygens (including phenoxy) is 1. The van der Waals surface area contributed by atoms with Crippen LogP contribution in [0, 0.1) is 0 Å². The van der Waals surface area contributed by atoms with Crippen LogP contribution in [-0.2, 0) is 14.3 Å². The lowest BCUT2D eigenvalue weighted by Gasteiger charge is -2.20. The molecule has 6 nitrogen and oxygen atoms in total. The highest BCUT2D eigenvalue weighted by molar-refractivity contribution is 5.76. The van der Waals surface area contributed by atoms with Gasteiger partial charge in [-0.2, -0.15) is 0 Å². The summed E-state index contributed by atoms with van der Waals surface area (Å²) in [6.07, 6.45) is 86.4. The van der Waals surface area contributed by atoms with Crippen LogP contribution in [0.3, 0.4) is 0 Å². The third-order valence-electron chi connectivity index (χ3n) is 16.4. The van der Waals surface area contributed by atoms with Gasteiger partial charge in [-0.25, -0.2) is 0 Å². The Hall–Kier alpha value is -1.92. The van der Waals surface area contributed by atoms with Crippen molar-refractivity contribution < 1.29 is 24.5 Å². The Morgan fingerprint density at radius 1 is 0.346 bits per heavy atom. The van der Waals surface area contributed by atoms with Gasteiger partial charge in [0.25, 0.3) is 0 Å². The molecule has 0 aliphatic carbocycles. The number of aliphatic hydroxyl groups excluding tert-OH is 2. The summed E-state index contributed by atoms with van der Waals surface area (Å²) in [5, 5.41) is 23.2. The van der Waals surface area contributed by atoms with Gasteiger partial charge in [0.15, 0.2) is 0 Å². The molecule has 0 aromatic carbocycles. The molecule has 0 rings (SSSR count). The molecular formula is C72H137NO5. The quantitative estimate of drug-likeness (QED) is 0.0320. The minimum Gasteiger partial charge on any atom is -0.466 e. The van der Waals surface area contributed by atoms with Crippen molar-refractivity contribution >= 4 is 11.9 Å². The fraction of sp³-hybridized carbons (Fsp3) is 0.889. The lowest BCUT2D eigenvalue weighted by Crippen LogP contribution is -2.45. The van der Waals surface area contributed by atoms with Crippen molar-refractivity contribution in [2.45, 2.75) is 398 Å². The third-order valence-corrected chi connectivity index (χ3v) is 16.4. The number of hydrogen-bond donors (Lipinski definition) is 3. The number of carbonyl (C=O) groups is 2. The standard InChI is InChI=1S/C72H137NO5/c1-3-5-7-9-11-13-15-17-19-21-23-24-25-29-32-36-40-44-48-52-56-60-64-70(75)69(68-74)73-71(76)65-61-57-53-49-45-41-37-33-30-26-27-31-35-39-43-47-51-55-59-63-67-78-72(77)66-62-58-54-50-46-42-38-34-28-22-20-18-16-14-12-10-8-6-4-2/h18,20,26,30,60,64,69-70,74-75H,3-17,19,21-25,27-29,31-59,61-63,65-68H2,1-2H3,(H,73,76)/b20-18-,30-26-,64-60+. The Morgan fingerprint density at radius 2 is 0.603 bits per heavy atom. The number of amides is 1. The Balaban J connectivity index is 3.44. The molecule has 0 aromatic rings. The molecule has 1 amide bonds. The zero-order valence-electron chi connectivity index (χ0n) is 52.7. The van der Waals surface area contributed by atoms with Gasteiger partial charge in [0.1, 0.15) is 0 Å². The van der Waals surface area contributed by atoms with Crippen LogP contribution in [0.4, 0.5) is 0 Å². The van der Waals surface area contributed by atoms with Gasteiger partial charge in [-0.05, 0) is 83.5 Å². The van der Waals surface area contributed by atoms with Crippen molar-refractivity contribution in [3.05, 3.63) is 36.5 Å². The van der Waals surface area contributed by atoms with Gasteiger partial charge in [-0.15, -0.1) is 0 Å². The largest absolute Gasteiger partial charge is 0.466 e. The van der Waals surface area contributed by atoms with E-state index in [0.29, 0.717) is 19.4 Å². The number of carbonyl (C=O) groups excluding carboxylic acids is 2. The summed E-state index contributed by atoms with van der Waals surface area (Å²) in [6, 6.07) is -0.636. The number of hydrogen-bond acceptors (Lipinski definition) is 5. The molecule has 6 heteroatoms. The summed E-state index contributed by atoms with van der Waals surface area (Å²) < 4.78 is 5.50. The predicted molar refractivity (Wildman–Crippen MR) is 343 cm³/mol. The molecular weight excluding hydrogens is 959 g/mol. The monoisotopic (exact) mass is 1100 g/mol. The molecule has 2 atom stereocenters. The number of rotatable bonds is 66. The van der Waals surface area contributed by atoms with E-state index in [1.165, 1.54) is 308 Å². The van der Waals surface area contributed by atoms with Crippen molar-refractivity contribution in [2.75, 3.05) is 13.2 Å². The Bertz CT molecular complexity index is 1260. The van der Waals surface area contributed by atoms with Gasteiger partial charge >= 0.3 is 5.97 Å². The molecule has 0 aliphatic heterocycles. The molecule has 0 spiro atoms. The number of aliphatic hydroxyl groups is 2. The Morgan fingerprint density at radius 3 is 0.910 bits per heavy atom. The number of allylic oxidation sites excluding steroid dienone is 5. The minimum absolute atomic E-state index is 0.00579. The maximum absolute atomic E-state index is 12.5. The van der Waals surface area contributed by atoms with Crippen LogP contribution >= 0.6 is 0 Å². The second-order valence-electron chi connectivity index (χ2n) is 24.2. The maximum atomic E-state index is 12.5. The predicted octanol–water partition coefficient (Wildman–Crippen LogP) is 22.7. The number of unbranched alkanes of at least 4 members (excludes halogenated alkanes) is 51. The average molecular weight is 1100 g/mol. The topological polar surface area (TPSA) is 95.9 Å². The van der Waals surface area contributed by atoms with E-state index in [0.717, 1.165) is 51.4 Å². The van der Waals surface area contributed by atoms with Crippen LogP contribution < -0.4 is 5.32 Å². The molecule has 0 heterocycles. The first kappa shape index (κ1) is 76.1. The van der Waals surface area contributed by atoms with E-state index in [1.54, 1.807) is 6.08 Å². The summed E-state index contributed by atoms with van der Waals surface area (Å²) in [5.41, 5.74) is 0. The summed E-state index contributed by atoms with van der Waals surface area (Å²) in [7, 11) is 0. The fourth-order valence-corrected chi connectivity index (χ4v) is 11.0. The number of esters is 1. The molecule has 0 radical (unpaired) electrons. The Kier molecular flexibility index (Phi) is 65.9. The van der Waals surface area contributed by atoms with Crippen LogP contribution in [-0.4, -0.2) is 47.4 Å². The van der Waals surface area contributed by atoms with Crippen molar-refractivity contribution in [3.8, 4) is 0 Å². The summed E-state index contributed by atoms with van der Waals surface area (Å²) >= 11 is 0. The van der Waals surface area contributed by atoms with E-state index >= 15 is 0 Å². The zero-order chi connectivity index (χ0) is 56.4. The van der Waals surface area contributed by atoms with E-state index in [2.05, 4.69) is 43.5 Å². The highest BCUT2D eigenvalue weighted by Crippen LogP contribution is 2.18. The normalized spacial score (nSPS) is 12.7. The van der Waals surface area contributed by atoms with Crippen LogP contribution in [0.2, 0.25) is 0 Å². The number of nitrogens with one attached hydrogen (secondary N) is 1. The zero-order valence-corrected chi connectivity index (χ0v) is 52.7. The minimum atomic E-state index is -0.852. The maximum Gasteiger partial charge on any atom is 0.305 e. The summed E-state index contributed by atoms with van der Waals surface area (Å²) in [5.74, 6) is -0.0673. The molecule has 460 valence electrons. The van der Waals surface area contributed by atoms with Gasteiger partial charge < -0.3 is 20.3 Å². The van der Waals surface area contributed by atoms with E-state index in [1.807, 2.05) is 6.08 Å². The smallest absolute Gasteiger partial charge is 0.305 e. The van der Waals surface area contributed by atoms with Gasteiger partial charge in [0, 0.05) is 12.8 Å². The van der Waals surface area contributed by atoms with Crippen molar-refractivity contribution in [3.63, 3.8) is 0 Å². The molecule has 0 aliphatic rings. The molecule has 78 heavy (non-hydrogen) atoms. The molecule has 2 unspecified atom stereocenters. The lowest BCUT2D eigenvalue weighted by atomic mass is 10.0. The van der Waals surface area contributed by atoms with E-state index < -0.39 is 12.1 Å². The first-order chi connectivity index (χ1) is 38.5. The highest BCUT2D eigenvalue weighted by atomic mass is 16.5. The van der Waals surface area contributed by atoms with Crippen LogP contribution in [0.15, 0.2) is 36.5 Å². The van der Waals surface area contributed by atoms with Crippen molar-refractivity contribution in [1.82, 2.24) is 5.32 Å². The Labute approximate surface area is 487 Å². The van der Waals surface area contributed by atoms with Crippen LogP contribution in [0.25, 0.3) is 0 Å². The van der Waals surface area contributed by atoms with Crippen LogP contribution in [0.5, 0.6) is 0 Å². The van der Waals surface area contributed by atoms with E-state index in [9.17, 15) is 19.8 Å². The molecule has 3 N–H and O–H groups in total. The fourth-order valence-electron chi connectivity index (χ4n) is 11.0. The van der Waals surface area contributed by atoms with Gasteiger partial charge in [0.2, 0.25) is 5.91 Å². The third kappa shape index (κ3) is 63.3. The van der Waals surface area contributed by atoms with Gasteiger partial charge in [-0.1, -0.05) is 326 Å². The van der Waals surface area contributed by atoms with Crippen molar-refractivity contribution in [2.24, 2.45) is 0 Å². The molecule has 0 fully saturated rings. The molecule has 0 bridgehead atoms.